The van der Waals surface area contributed by atoms with Crippen LogP contribution in [0.1, 0.15) is 51.5 Å². The van der Waals surface area contributed by atoms with Crippen molar-refractivity contribution in [3.8, 4) is 5.75 Å². The number of hydrogen-bond donors (Lipinski definition) is 2. The summed E-state index contributed by atoms with van der Waals surface area (Å²) >= 11 is 0. The first-order chi connectivity index (χ1) is 12.7. The van der Waals surface area contributed by atoms with Gasteiger partial charge in [-0.05, 0) is 56.7 Å². The maximum absolute atomic E-state index is 5.74. The fourth-order valence-electron chi connectivity index (χ4n) is 3.51. The molecule has 0 saturated heterocycles. The average Bonchev–Trinajstić information content (AvgIpc) is 3.02. The Labute approximate surface area is 157 Å². The van der Waals surface area contributed by atoms with Gasteiger partial charge in [0.1, 0.15) is 5.75 Å². The number of ether oxygens (including phenoxy) is 1. The minimum atomic E-state index is 0.0497. The van der Waals surface area contributed by atoms with Crippen molar-refractivity contribution in [2.45, 2.75) is 58.2 Å². The highest BCUT2D eigenvalue weighted by Crippen LogP contribution is 2.34. The van der Waals surface area contributed by atoms with Gasteiger partial charge in [0, 0.05) is 17.8 Å². The van der Waals surface area contributed by atoms with Gasteiger partial charge in [-0.1, -0.05) is 49.4 Å². The largest absolute Gasteiger partial charge is 0.469 e. The van der Waals surface area contributed by atoms with Crippen LogP contribution < -0.4 is 15.4 Å². The van der Waals surface area contributed by atoms with Crippen molar-refractivity contribution >= 4 is 11.4 Å². The van der Waals surface area contributed by atoms with Crippen molar-refractivity contribution in [3.63, 3.8) is 0 Å². The third-order valence-electron chi connectivity index (χ3n) is 4.91. The maximum Gasteiger partial charge on any atom is 0.167 e. The van der Waals surface area contributed by atoms with E-state index in [-0.39, 0.29) is 12.3 Å². The Morgan fingerprint density at radius 2 is 2.00 bits per heavy atom. The molecule has 0 aromatic heterocycles. The molecular formula is C23H30N2O. The van der Waals surface area contributed by atoms with Gasteiger partial charge in [-0.25, -0.2) is 0 Å². The van der Waals surface area contributed by atoms with Crippen LogP contribution in [0.25, 0.3) is 0 Å². The maximum atomic E-state index is 5.74. The van der Waals surface area contributed by atoms with Gasteiger partial charge in [-0.3, -0.25) is 0 Å². The quantitative estimate of drug-likeness (QED) is 0.559. The normalized spacial score (nSPS) is 18.0. The van der Waals surface area contributed by atoms with Crippen molar-refractivity contribution in [1.82, 2.24) is 0 Å². The summed E-state index contributed by atoms with van der Waals surface area (Å²) in [5.74, 6) is 1.57. The molecule has 138 valence electrons. The summed E-state index contributed by atoms with van der Waals surface area (Å²) in [5, 5.41) is 6.81. The van der Waals surface area contributed by atoms with Gasteiger partial charge in [0.15, 0.2) is 6.23 Å². The molecule has 1 aliphatic rings. The van der Waals surface area contributed by atoms with Crippen LogP contribution in [0.15, 0.2) is 60.7 Å². The van der Waals surface area contributed by atoms with E-state index < -0.39 is 0 Å². The van der Waals surface area contributed by atoms with E-state index in [1.807, 2.05) is 6.92 Å². The van der Waals surface area contributed by atoms with Crippen molar-refractivity contribution in [2.24, 2.45) is 0 Å². The molecule has 0 saturated carbocycles. The summed E-state index contributed by atoms with van der Waals surface area (Å²) in [5.41, 5.74) is 3.61. The first-order valence-corrected chi connectivity index (χ1v) is 9.71. The number of anilines is 2. The molecule has 0 fully saturated rings. The van der Waals surface area contributed by atoms with Crippen LogP contribution in [-0.4, -0.2) is 12.3 Å². The summed E-state index contributed by atoms with van der Waals surface area (Å²) in [7, 11) is 0. The zero-order valence-corrected chi connectivity index (χ0v) is 16.0. The van der Waals surface area contributed by atoms with Crippen LogP contribution in [0, 0.1) is 0 Å². The van der Waals surface area contributed by atoms with Crippen molar-refractivity contribution in [3.05, 3.63) is 66.2 Å². The second-order valence-electron chi connectivity index (χ2n) is 7.07. The lowest BCUT2D eigenvalue weighted by molar-refractivity contribution is 0.275. The highest BCUT2D eigenvalue weighted by molar-refractivity contribution is 5.66. The van der Waals surface area contributed by atoms with Crippen molar-refractivity contribution < 1.29 is 4.74 Å². The lowest BCUT2D eigenvalue weighted by atomic mass is 9.92. The molecule has 0 radical (unpaired) electrons. The molecule has 1 heterocycles. The molecular weight excluding hydrogens is 320 g/mol. The molecule has 3 nitrogen and oxygen atoms in total. The standard InChI is InChI=1S/C23H30N2O/c1-4-19(20-12-6-5-7-13-20)11-9-8-10-17(2)24-21-14-15-22-23(16-21)26-18(3)25-22/h5-8,10,12-19,24-25H,4,9,11H2,1-3H3/b10-8+. The van der Waals surface area contributed by atoms with E-state index in [1.165, 1.54) is 18.4 Å². The van der Waals surface area contributed by atoms with Gasteiger partial charge in [0.05, 0.1) is 5.69 Å². The fraction of sp³-hybridized carbons (Fsp3) is 0.391. The van der Waals surface area contributed by atoms with Gasteiger partial charge in [-0.2, -0.15) is 0 Å². The topological polar surface area (TPSA) is 33.3 Å². The molecule has 2 aromatic carbocycles. The smallest absolute Gasteiger partial charge is 0.167 e. The molecule has 0 bridgehead atoms. The monoisotopic (exact) mass is 350 g/mol. The van der Waals surface area contributed by atoms with Crippen molar-refractivity contribution in [1.29, 1.82) is 0 Å². The molecule has 2 aromatic rings. The van der Waals surface area contributed by atoms with Crippen LogP contribution >= 0.6 is 0 Å². The Hall–Kier alpha value is -2.42. The second kappa shape index (κ2) is 8.79. The highest BCUT2D eigenvalue weighted by Gasteiger charge is 2.17. The molecule has 3 heteroatoms. The number of allylic oxidation sites excluding steroid dienone is 1. The average molecular weight is 351 g/mol. The van der Waals surface area contributed by atoms with Gasteiger partial charge < -0.3 is 15.4 Å². The van der Waals surface area contributed by atoms with Crippen LogP contribution in [0.3, 0.4) is 0 Å². The molecule has 3 atom stereocenters. The second-order valence-corrected chi connectivity index (χ2v) is 7.07. The number of rotatable bonds is 8. The van der Waals surface area contributed by atoms with Gasteiger partial charge in [0.2, 0.25) is 0 Å². The minimum Gasteiger partial charge on any atom is -0.469 e. The Morgan fingerprint density at radius 3 is 2.77 bits per heavy atom. The summed E-state index contributed by atoms with van der Waals surface area (Å²) in [6.45, 7) is 6.47. The highest BCUT2D eigenvalue weighted by atomic mass is 16.5. The van der Waals surface area contributed by atoms with Crippen LogP contribution in [-0.2, 0) is 0 Å². The van der Waals surface area contributed by atoms with Crippen molar-refractivity contribution in [2.75, 3.05) is 10.6 Å². The Morgan fingerprint density at radius 1 is 1.19 bits per heavy atom. The van der Waals surface area contributed by atoms with Gasteiger partial charge in [-0.15, -0.1) is 0 Å². The zero-order chi connectivity index (χ0) is 18.4. The van der Waals surface area contributed by atoms with E-state index in [9.17, 15) is 0 Å². The predicted molar refractivity (Wildman–Crippen MR) is 111 cm³/mol. The van der Waals surface area contributed by atoms with Crippen LogP contribution in [0.5, 0.6) is 5.75 Å². The fourth-order valence-corrected chi connectivity index (χ4v) is 3.51. The molecule has 2 N–H and O–H groups in total. The lowest BCUT2D eigenvalue weighted by Gasteiger charge is -2.15. The number of benzene rings is 2. The first kappa shape index (κ1) is 18.4. The van der Waals surface area contributed by atoms with E-state index in [2.05, 4.69) is 85.2 Å². The van der Waals surface area contributed by atoms with E-state index in [4.69, 9.17) is 4.74 Å². The summed E-state index contributed by atoms with van der Waals surface area (Å²) in [6, 6.07) is 17.4. The molecule has 26 heavy (non-hydrogen) atoms. The molecule has 0 spiro atoms. The summed E-state index contributed by atoms with van der Waals surface area (Å²) < 4.78 is 5.74. The van der Waals surface area contributed by atoms with Crippen LogP contribution in [0.4, 0.5) is 11.4 Å². The number of nitrogens with one attached hydrogen (secondary N) is 2. The van der Waals surface area contributed by atoms with E-state index in [1.54, 1.807) is 0 Å². The SMILES string of the molecule is CCC(CC/C=C/C(C)Nc1ccc2c(c1)OC(C)N2)c1ccccc1. The summed E-state index contributed by atoms with van der Waals surface area (Å²) in [4.78, 5) is 0. The van der Waals surface area contributed by atoms with Gasteiger partial charge in [0.25, 0.3) is 0 Å². The summed E-state index contributed by atoms with van der Waals surface area (Å²) in [6.07, 6.45) is 8.10. The molecule has 0 amide bonds. The molecule has 3 unspecified atom stereocenters. The Bertz CT molecular complexity index is 726. The van der Waals surface area contributed by atoms with Crippen LogP contribution in [0.2, 0.25) is 0 Å². The Kier molecular flexibility index (Phi) is 6.21. The first-order valence-electron chi connectivity index (χ1n) is 9.71. The third-order valence-corrected chi connectivity index (χ3v) is 4.91. The minimum absolute atomic E-state index is 0.0497. The van der Waals surface area contributed by atoms with E-state index in [0.29, 0.717) is 5.92 Å². The Balaban J connectivity index is 1.47. The predicted octanol–water partition coefficient (Wildman–Crippen LogP) is 6.17. The molecule has 1 aliphatic heterocycles. The number of fused-ring (bicyclic) bond motifs is 1. The third kappa shape index (κ3) is 4.81. The van der Waals surface area contributed by atoms with E-state index >= 15 is 0 Å². The lowest BCUT2D eigenvalue weighted by Crippen LogP contribution is -2.13. The molecule has 0 aliphatic carbocycles. The molecule has 3 rings (SSSR count). The van der Waals surface area contributed by atoms with Gasteiger partial charge >= 0.3 is 0 Å². The van der Waals surface area contributed by atoms with E-state index in [0.717, 1.165) is 23.5 Å². The zero-order valence-electron chi connectivity index (χ0n) is 16.0. The number of hydrogen-bond acceptors (Lipinski definition) is 3.